The van der Waals surface area contributed by atoms with Crippen LogP contribution in [0.5, 0.6) is 0 Å². The number of nitrogens with zero attached hydrogens (tertiary/aromatic N) is 4. The Morgan fingerprint density at radius 3 is 2.39 bits per heavy atom. The van der Waals surface area contributed by atoms with Gasteiger partial charge in [-0.15, -0.1) is 5.10 Å². The molecule has 2 aromatic heterocycles. The normalized spacial score (nSPS) is 11.8. The van der Waals surface area contributed by atoms with Gasteiger partial charge in [-0.25, -0.2) is 13.1 Å². The Morgan fingerprint density at radius 2 is 1.94 bits per heavy atom. The van der Waals surface area contributed by atoms with Gasteiger partial charge in [-0.1, -0.05) is 0 Å². The summed E-state index contributed by atoms with van der Waals surface area (Å²) in [5, 5.41) is 10.4. The second-order valence-corrected chi connectivity index (χ2v) is 5.59. The lowest BCUT2D eigenvalue weighted by atomic mass is 10.4. The third-order valence-electron chi connectivity index (χ3n) is 2.53. The van der Waals surface area contributed by atoms with Gasteiger partial charge >= 0.3 is 0 Å². The van der Waals surface area contributed by atoms with Crippen molar-refractivity contribution in [2.75, 3.05) is 4.72 Å². The van der Waals surface area contributed by atoms with Gasteiger partial charge in [-0.2, -0.15) is 10.1 Å². The van der Waals surface area contributed by atoms with Crippen LogP contribution in [0, 0.1) is 20.8 Å². The topological polar surface area (TPSA) is 106 Å². The van der Waals surface area contributed by atoms with E-state index in [0.717, 1.165) is 0 Å². The molecule has 0 atom stereocenters. The molecule has 18 heavy (non-hydrogen) atoms. The quantitative estimate of drug-likeness (QED) is 0.832. The zero-order valence-electron chi connectivity index (χ0n) is 10.5. The first-order valence-electron chi connectivity index (χ1n) is 5.23. The molecule has 0 radical (unpaired) electrons. The van der Waals surface area contributed by atoms with Crippen LogP contribution in [0.15, 0.2) is 4.90 Å². The first-order valence-corrected chi connectivity index (χ1v) is 6.71. The van der Waals surface area contributed by atoms with E-state index in [0.29, 0.717) is 17.2 Å². The van der Waals surface area contributed by atoms with Gasteiger partial charge in [0.05, 0.1) is 11.4 Å². The van der Waals surface area contributed by atoms with Gasteiger partial charge < -0.3 is 0 Å². The van der Waals surface area contributed by atoms with E-state index in [2.05, 4.69) is 25.0 Å². The Balaban J connectivity index is 2.43. The highest BCUT2D eigenvalue weighted by atomic mass is 32.2. The lowest BCUT2D eigenvalue weighted by Gasteiger charge is -2.04. The van der Waals surface area contributed by atoms with Crippen molar-refractivity contribution in [1.82, 2.24) is 25.0 Å². The van der Waals surface area contributed by atoms with E-state index in [1.165, 1.54) is 4.68 Å². The minimum absolute atomic E-state index is 0.0233. The molecule has 0 saturated carbocycles. The van der Waals surface area contributed by atoms with E-state index >= 15 is 0 Å². The number of sulfonamides is 1. The number of hydrogen-bond acceptors (Lipinski definition) is 5. The summed E-state index contributed by atoms with van der Waals surface area (Å²) in [5.74, 6) is 0.558. The molecular weight excluding hydrogens is 256 g/mol. The smallest absolute Gasteiger partial charge is 0.267 e. The van der Waals surface area contributed by atoms with Crippen LogP contribution < -0.4 is 4.72 Å². The first kappa shape index (κ1) is 12.6. The zero-order chi connectivity index (χ0) is 13.5. The Hall–Kier alpha value is -1.90. The maximum atomic E-state index is 12.2. The molecule has 0 fully saturated rings. The predicted octanol–water partition coefficient (Wildman–Crippen LogP) is 0.264. The van der Waals surface area contributed by atoms with Crippen molar-refractivity contribution >= 4 is 16.0 Å². The summed E-state index contributed by atoms with van der Waals surface area (Å²) >= 11 is 0. The highest BCUT2D eigenvalue weighted by Crippen LogP contribution is 2.20. The fraction of sp³-hybridized carbons (Fsp3) is 0.444. The Morgan fingerprint density at radius 1 is 1.28 bits per heavy atom. The van der Waals surface area contributed by atoms with E-state index in [9.17, 15) is 8.42 Å². The van der Waals surface area contributed by atoms with Gasteiger partial charge in [0.15, 0.2) is 0 Å². The predicted molar refractivity (Wildman–Crippen MR) is 64.6 cm³/mol. The second kappa shape index (κ2) is 4.09. The number of anilines is 1. The molecule has 9 heteroatoms. The molecule has 2 N–H and O–H groups in total. The van der Waals surface area contributed by atoms with Gasteiger partial charge in [0.1, 0.15) is 10.7 Å². The molecular formula is C9H14N6O2S. The molecule has 2 aromatic rings. The average Bonchev–Trinajstić information content (AvgIpc) is 2.72. The number of H-pyrrole nitrogens is 1. The van der Waals surface area contributed by atoms with Gasteiger partial charge in [0.25, 0.3) is 16.0 Å². The molecule has 98 valence electrons. The van der Waals surface area contributed by atoms with Crippen LogP contribution in [0.4, 0.5) is 5.95 Å². The van der Waals surface area contributed by atoms with E-state index < -0.39 is 10.0 Å². The minimum Gasteiger partial charge on any atom is -0.271 e. The highest BCUT2D eigenvalue weighted by molar-refractivity contribution is 7.92. The summed E-state index contributed by atoms with van der Waals surface area (Å²) in [6.45, 7) is 5.02. The molecule has 0 aliphatic carbocycles. The van der Waals surface area contributed by atoms with E-state index in [1.54, 1.807) is 27.8 Å². The molecule has 0 amide bonds. The van der Waals surface area contributed by atoms with Gasteiger partial charge in [-0.3, -0.25) is 9.78 Å². The molecule has 0 saturated heterocycles. The van der Waals surface area contributed by atoms with Crippen LogP contribution in [0.2, 0.25) is 0 Å². The Labute approximate surface area is 104 Å². The van der Waals surface area contributed by atoms with Crippen LogP contribution in [-0.2, 0) is 17.1 Å². The monoisotopic (exact) mass is 270 g/mol. The SMILES string of the molecule is Cc1nc(NS(=O)(=O)c2c(C)nn(C)c2C)n[nH]1. The van der Waals surface area contributed by atoms with E-state index in [-0.39, 0.29) is 10.8 Å². The molecule has 0 aliphatic heterocycles. The minimum atomic E-state index is -3.72. The molecule has 2 heterocycles. The molecule has 0 bridgehead atoms. The van der Waals surface area contributed by atoms with Gasteiger partial charge in [0, 0.05) is 7.05 Å². The summed E-state index contributed by atoms with van der Waals surface area (Å²) in [5.41, 5.74) is 1.00. The van der Waals surface area contributed by atoms with Crippen LogP contribution in [-0.4, -0.2) is 33.4 Å². The van der Waals surface area contributed by atoms with Crippen molar-refractivity contribution in [3.63, 3.8) is 0 Å². The highest BCUT2D eigenvalue weighted by Gasteiger charge is 2.24. The summed E-state index contributed by atoms with van der Waals surface area (Å²) in [6.07, 6.45) is 0. The van der Waals surface area contributed by atoms with Crippen LogP contribution in [0.3, 0.4) is 0 Å². The third kappa shape index (κ3) is 2.08. The van der Waals surface area contributed by atoms with Crippen molar-refractivity contribution in [2.24, 2.45) is 7.05 Å². The standard InChI is InChI=1S/C9H14N6O2S/c1-5-8(6(2)15(4)13-5)18(16,17)14-9-10-7(3)11-12-9/h1-4H3,(H2,10,11,12,14). The van der Waals surface area contributed by atoms with Crippen molar-refractivity contribution in [3.8, 4) is 0 Å². The van der Waals surface area contributed by atoms with Crippen LogP contribution in [0.25, 0.3) is 0 Å². The van der Waals surface area contributed by atoms with Crippen molar-refractivity contribution < 1.29 is 8.42 Å². The lowest BCUT2D eigenvalue weighted by Crippen LogP contribution is -2.15. The summed E-state index contributed by atoms with van der Waals surface area (Å²) in [7, 11) is -2.03. The zero-order valence-corrected chi connectivity index (χ0v) is 11.3. The van der Waals surface area contributed by atoms with Gasteiger partial charge in [0.2, 0.25) is 0 Å². The molecule has 0 aliphatic rings. The fourth-order valence-electron chi connectivity index (χ4n) is 1.70. The number of rotatable bonds is 3. The molecule has 0 aromatic carbocycles. The second-order valence-electron chi connectivity index (χ2n) is 3.97. The van der Waals surface area contributed by atoms with Crippen molar-refractivity contribution in [1.29, 1.82) is 0 Å². The number of aromatic nitrogens is 5. The van der Waals surface area contributed by atoms with E-state index in [1.807, 2.05) is 0 Å². The number of nitrogens with one attached hydrogen (secondary N) is 2. The Kier molecular flexibility index (Phi) is 2.85. The van der Waals surface area contributed by atoms with Crippen molar-refractivity contribution in [2.45, 2.75) is 25.7 Å². The van der Waals surface area contributed by atoms with Crippen LogP contribution in [0.1, 0.15) is 17.2 Å². The maximum Gasteiger partial charge on any atom is 0.267 e. The summed E-state index contributed by atoms with van der Waals surface area (Å²) in [4.78, 5) is 4.06. The first-order chi connectivity index (χ1) is 8.31. The number of aryl methyl sites for hydroxylation is 3. The molecule has 0 unspecified atom stereocenters. The molecule has 8 nitrogen and oxygen atoms in total. The lowest BCUT2D eigenvalue weighted by molar-refractivity contribution is 0.599. The largest absolute Gasteiger partial charge is 0.271 e. The van der Waals surface area contributed by atoms with Gasteiger partial charge in [-0.05, 0) is 20.8 Å². The maximum absolute atomic E-state index is 12.2. The summed E-state index contributed by atoms with van der Waals surface area (Å²) < 4.78 is 28.3. The van der Waals surface area contributed by atoms with Crippen molar-refractivity contribution in [3.05, 3.63) is 17.2 Å². The average molecular weight is 270 g/mol. The molecule has 0 spiro atoms. The number of hydrogen-bond donors (Lipinski definition) is 2. The molecule has 2 rings (SSSR count). The summed E-state index contributed by atoms with van der Waals surface area (Å²) in [6, 6.07) is 0. The fourth-order valence-corrected chi connectivity index (χ4v) is 3.09. The third-order valence-corrected chi connectivity index (χ3v) is 4.11. The van der Waals surface area contributed by atoms with Crippen LogP contribution >= 0.6 is 0 Å². The Bertz CT molecular complexity index is 684. The van der Waals surface area contributed by atoms with E-state index in [4.69, 9.17) is 0 Å². The number of aromatic amines is 1.